The highest BCUT2D eigenvalue weighted by molar-refractivity contribution is 5.72. The molecule has 0 amide bonds. The number of non-ortho nitro benzene ring substituents is 1. The van der Waals surface area contributed by atoms with Gasteiger partial charge in [0.1, 0.15) is 6.42 Å². The van der Waals surface area contributed by atoms with Crippen LogP contribution in [0.1, 0.15) is 18.2 Å². The zero-order chi connectivity index (χ0) is 17.4. The molecule has 0 aliphatic carbocycles. The standard InChI is InChI=1S/C16H12N4O4/c17-11-10-15(21)24-16(12-4-2-1-3-5-12)19-18-13-6-8-14(9-7-13)20(22)23/h1-9,16H,10H2. The van der Waals surface area contributed by atoms with Crippen molar-refractivity contribution < 1.29 is 14.5 Å². The fourth-order valence-corrected chi connectivity index (χ4v) is 1.77. The molecule has 120 valence electrons. The lowest BCUT2D eigenvalue weighted by Gasteiger charge is -2.12. The van der Waals surface area contributed by atoms with Crippen molar-refractivity contribution in [1.82, 2.24) is 0 Å². The molecule has 0 heterocycles. The predicted octanol–water partition coefficient (Wildman–Crippen LogP) is 3.83. The summed E-state index contributed by atoms with van der Waals surface area (Å²) in [6, 6.07) is 15.9. The highest BCUT2D eigenvalue weighted by Gasteiger charge is 2.15. The Hall–Kier alpha value is -3.60. The normalized spacial score (nSPS) is 11.6. The van der Waals surface area contributed by atoms with Crippen LogP contribution in [0.3, 0.4) is 0 Å². The van der Waals surface area contributed by atoms with Crippen LogP contribution in [0, 0.1) is 21.4 Å². The highest BCUT2D eigenvalue weighted by Crippen LogP contribution is 2.24. The third-order valence-corrected chi connectivity index (χ3v) is 2.89. The number of nitro groups is 1. The summed E-state index contributed by atoms with van der Waals surface area (Å²) < 4.78 is 5.13. The Morgan fingerprint density at radius 3 is 2.46 bits per heavy atom. The molecule has 1 atom stereocenters. The molecule has 24 heavy (non-hydrogen) atoms. The van der Waals surface area contributed by atoms with Crippen LogP contribution in [0.25, 0.3) is 0 Å². The van der Waals surface area contributed by atoms with Crippen LogP contribution in [-0.4, -0.2) is 10.9 Å². The Balaban J connectivity index is 2.19. The average Bonchev–Trinajstić information content (AvgIpc) is 2.60. The lowest BCUT2D eigenvalue weighted by molar-refractivity contribution is -0.384. The second-order valence-corrected chi connectivity index (χ2v) is 4.58. The highest BCUT2D eigenvalue weighted by atomic mass is 16.6. The molecule has 0 aliphatic rings. The fraction of sp³-hybridized carbons (Fsp3) is 0.125. The molecule has 0 fully saturated rings. The van der Waals surface area contributed by atoms with Crippen molar-refractivity contribution in [2.24, 2.45) is 10.2 Å². The Kier molecular flexibility index (Phi) is 5.69. The van der Waals surface area contributed by atoms with Crippen molar-refractivity contribution in [2.45, 2.75) is 12.6 Å². The zero-order valence-corrected chi connectivity index (χ0v) is 12.4. The number of nitro benzene ring substituents is 1. The van der Waals surface area contributed by atoms with Crippen LogP contribution in [0.5, 0.6) is 0 Å². The van der Waals surface area contributed by atoms with Gasteiger partial charge in [0, 0.05) is 17.7 Å². The van der Waals surface area contributed by atoms with Gasteiger partial charge in [-0.15, -0.1) is 5.11 Å². The topological polar surface area (TPSA) is 118 Å². The molecular weight excluding hydrogens is 312 g/mol. The molecule has 0 bridgehead atoms. The quantitative estimate of drug-likeness (QED) is 0.346. The number of hydrogen-bond donors (Lipinski definition) is 0. The van der Waals surface area contributed by atoms with E-state index < -0.39 is 23.5 Å². The smallest absolute Gasteiger partial charge is 0.322 e. The van der Waals surface area contributed by atoms with E-state index in [0.29, 0.717) is 11.3 Å². The van der Waals surface area contributed by atoms with E-state index in [2.05, 4.69) is 10.2 Å². The van der Waals surface area contributed by atoms with Gasteiger partial charge in [-0.3, -0.25) is 14.9 Å². The van der Waals surface area contributed by atoms with Gasteiger partial charge in [0.15, 0.2) is 0 Å². The lowest BCUT2D eigenvalue weighted by Crippen LogP contribution is -2.08. The monoisotopic (exact) mass is 324 g/mol. The number of ether oxygens (including phenoxy) is 1. The maximum Gasteiger partial charge on any atom is 0.322 e. The van der Waals surface area contributed by atoms with Crippen LogP contribution in [0.4, 0.5) is 11.4 Å². The molecule has 1 unspecified atom stereocenters. The van der Waals surface area contributed by atoms with Crippen molar-refractivity contribution in [3.8, 4) is 6.07 Å². The second kappa shape index (κ2) is 8.14. The molecule has 0 radical (unpaired) electrons. The maximum atomic E-state index is 11.5. The minimum absolute atomic E-state index is 0.0611. The SMILES string of the molecule is N#CCC(=O)OC(N=Nc1ccc([N+](=O)[O-])cc1)c1ccccc1. The number of benzene rings is 2. The van der Waals surface area contributed by atoms with Crippen LogP contribution in [0.2, 0.25) is 0 Å². The Labute approximate surface area is 137 Å². The average molecular weight is 324 g/mol. The summed E-state index contributed by atoms with van der Waals surface area (Å²) in [4.78, 5) is 21.6. The summed E-state index contributed by atoms with van der Waals surface area (Å²) in [5.74, 6) is -0.714. The third kappa shape index (κ3) is 4.71. The molecule has 8 heteroatoms. The van der Waals surface area contributed by atoms with Gasteiger partial charge in [-0.05, 0) is 12.1 Å². The number of nitriles is 1. The zero-order valence-electron chi connectivity index (χ0n) is 12.4. The molecule has 0 spiro atoms. The molecular formula is C16H12N4O4. The largest absolute Gasteiger partial charge is 0.433 e. The summed E-state index contributed by atoms with van der Waals surface area (Å²) in [6.07, 6.45) is -1.39. The van der Waals surface area contributed by atoms with Crippen LogP contribution in [0.15, 0.2) is 64.8 Å². The molecule has 0 saturated heterocycles. The molecule has 8 nitrogen and oxygen atoms in total. The fourth-order valence-electron chi connectivity index (χ4n) is 1.77. The molecule has 0 saturated carbocycles. The second-order valence-electron chi connectivity index (χ2n) is 4.58. The first-order valence-corrected chi connectivity index (χ1v) is 6.87. The number of esters is 1. The number of azo groups is 1. The summed E-state index contributed by atoms with van der Waals surface area (Å²) in [5, 5.41) is 27.1. The minimum atomic E-state index is -0.998. The first-order chi connectivity index (χ1) is 11.6. The van der Waals surface area contributed by atoms with Gasteiger partial charge in [0.2, 0.25) is 6.23 Å². The van der Waals surface area contributed by atoms with Gasteiger partial charge < -0.3 is 4.74 Å². The van der Waals surface area contributed by atoms with Crippen molar-refractivity contribution >= 4 is 17.3 Å². The van der Waals surface area contributed by atoms with E-state index in [1.54, 1.807) is 36.4 Å². The summed E-state index contributed by atoms with van der Waals surface area (Å²) in [7, 11) is 0. The van der Waals surface area contributed by atoms with E-state index in [9.17, 15) is 14.9 Å². The van der Waals surface area contributed by atoms with Crippen LogP contribution >= 0.6 is 0 Å². The molecule has 2 aromatic rings. The van der Waals surface area contributed by atoms with Crippen LogP contribution in [-0.2, 0) is 9.53 Å². The Morgan fingerprint density at radius 2 is 1.88 bits per heavy atom. The number of carbonyl (C=O) groups is 1. The van der Waals surface area contributed by atoms with Crippen LogP contribution < -0.4 is 0 Å². The molecule has 2 rings (SSSR count). The first-order valence-electron chi connectivity index (χ1n) is 6.87. The van der Waals surface area contributed by atoms with Gasteiger partial charge in [-0.25, -0.2) is 0 Å². The molecule has 0 N–H and O–H groups in total. The number of rotatable bonds is 6. The summed E-state index contributed by atoms with van der Waals surface area (Å²) >= 11 is 0. The summed E-state index contributed by atoms with van der Waals surface area (Å²) in [5.41, 5.74) is 0.904. The van der Waals surface area contributed by atoms with Gasteiger partial charge in [-0.1, -0.05) is 30.3 Å². The lowest BCUT2D eigenvalue weighted by atomic mass is 10.2. The van der Waals surface area contributed by atoms with E-state index >= 15 is 0 Å². The van der Waals surface area contributed by atoms with Crippen molar-refractivity contribution in [1.29, 1.82) is 5.26 Å². The van der Waals surface area contributed by atoms with E-state index in [4.69, 9.17) is 10.00 Å². The van der Waals surface area contributed by atoms with Gasteiger partial charge in [0.25, 0.3) is 5.69 Å². The number of nitrogens with zero attached hydrogens (tertiary/aromatic N) is 4. The van der Waals surface area contributed by atoms with Gasteiger partial charge in [0.05, 0.1) is 16.7 Å². The Bertz CT molecular complexity index is 782. The Morgan fingerprint density at radius 1 is 1.21 bits per heavy atom. The van der Waals surface area contributed by atoms with Gasteiger partial charge >= 0.3 is 5.97 Å². The summed E-state index contributed by atoms with van der Waals surface area (Å²) in [6.45, 7) is 0. The van der Waals surface area contributed by atoms with Gasteiger partial charge in [-0.2, -0.15) is 10.4 Å². The first kappa shape index (κ1) is 16.8. The van der Waals surface area contributed by atoms with Crippen molar-refractivity contribution in [3.05, 3.63) is 70.3 Å². The number of carbonyl (C=O) groups excluding carboxylic acids is 1. The third-order valence-electron chi connectivity index (χ3n) is 2.89. The predicted molar refractivity (Wildman–Crippen MR) is 83.1 cm³/mol. The van der Waals surface area contributed by atoms with Crippen molar-refractivity contribution in [2.75, 3.05) is 0 Å². The van der Waals surface area contributed by atoms with Crippen molar-refractivity contribution in [3.63, 3.8) is 0 Å². The van der Waals surface area contributed by atoms with E-state index in [0.717, 1.165) is 0 Å². The number of hydrogen-bond acceptors (Lipinski definition) is 7. The van der Waals surface area contributed by atoms with E-state index in [1.807, 2.05) is 0 Å². The van der Waals surface area contributed by atoms with E-state index in [1.165, 1.54) is 24.3 Å². The van der Waals surface area contributed by atoms with E-state index in [-0.39, 0.29) is 5.69 Å². The molecule has 2 aromatic carbocycles. The maximum absolute atomic E-state index is 11.5. The minimum Gasteiger partial charge on any atom is -0.433 e. The molecule has 0 aliphatic heterocycles. The molecule has 0 aromatic heterocycles.